The highest BCUT2D eigenvalue weighted by atomic mass is 32.1. The zero-order chi connectivity index (χ0) is 13.1. The molecule has 5 nitrogen and oxygen atoms in total. The monoisotopic (exact) mass is 263 g/mol. The number of hydrogen-bond donors (Lipinski definition) is 3. The van der Waals surface area contributed by atoms with Crippen molar-refractivity contribution in [2.75, 3.05) is 11.1 Å². The Bertz CT molecular complexity index is 580. The SMILES string of the molecule is Cc1ccsc1CNc1ncc(C(=O)O)cc1N. The number of aromatic nitrogens is 1. The largest absolute Gasteiger partial charge is 0.478 e. The van der Waals surface area contributed by atoms with E-state index in [1.165, 1.54) is 22.7 Å². The minimum atomic E-state index is -1.03. The summed E-state index contributed by atoms with van der Waals surface area (Å²) in [7, 11) is 0. The Morgan fingerprint density at radius 2 is 2.39 bits per heavy atom. The Morgan fingerprint density at radius 1 is 1.61 bits per heavy atom. The minimum Gasteiger partial charge on any atom is -0.478 e. The third kappa shape index (κ3) is 2.60. The standard InChI is InChI=1S/C12H13N3O2S/c1-7-2-3-18-10(7)6-15-11-9(13)4-8(5-14-11)12(16)17/h2-5H,6,13H2,1H3,(H,14,15)(H,16,17). The second-order valence-corrected chi connectivity index (χ2v) is 4.85. The lowest BCUT2D eigenvalue weighted by Crippen LogP contribution is -2.06. The summed E-state index contributed by atoms with van der Waals surface area (Å²) in [5, 5.41) is 13.9. The zero-order valence-corrected chi connectivity index (χ0v) is 10.6. The molecule has 2 rings (SSSR count). The van der Waals surface area contributed by atoms with E-state index < -0.39 is 5.97 Å². The van der Waals surface area contributed by atoms with E-state index in [-0.39, 0.29) is 5.56 Å². The number of nitrogens with one attached hydrogen (secondary N) is 1. The lowest BCUT2D eigenvalue weighted by atomic mass is 10.2. The van der Waals surface area contributed by atoms with Crippen LogP contribution >= 0.6 is 11.3 Å². The highest BCUT2D eigenvalue weighted by Gasteiger charge is 2.08. The lowest BCUT2D eigenvalue weighted by Gasteiger charge is -2.08. The quantitative estimate of drug-likeness (QED) is 0.788. The normalized spacial score (nSPS) is 10.3. The molecule has 0 aromatic carbocycles. The van der Waals surface area contributed by atoms with Crippen molar-refractivity contribution in [1.29, 1.82) is 0 Å². The first-order valence-corrected chi connectivity index (χ1v) is 6.21. The summed E-state index contributed by atoms with van der Waals surface area (Å²) >= 11 is 1.66. The number of carboxylic acids is 1. The van der Waals surface area contributed by atoms with E-state index in [2.05, 4.69) is 10.3 Å². The van der Waals surface area contributed by atoms with Crippen molar-refractivity contribution in [2.24, 2.45) is 0 Å². The summed E-state index contributed by atoms with van der Waals surface area (Å²) in [6.07, 6.45) is 1.29. The first kappa shape index (κ1) is 12.4. The number of aromatic carboxylic acids is 1. The third-order valence-electron chi connectivity index (χ3n) is 2.55. The van der Waals surface area contributed by atoms with E-state index in [0.717, 1.165) is 0 Å². The number of thiophene rings is 1. The Morgan fingerprint density at radius 3 is 2.94 bits per heavy atom. The Balaban J connectivity index is 2.11. The number of carbonyl (C=O) groups is 1. The number of nitrogen functional groups attached to an aromatic ring is 1. The van der Waals surface area contributed by atoms with Crippen LogP contribution in [-0.4, -0.2) is 16.1 Å². The van der Waals surface area contributed by atoms with Crippen molar-refractivity contribution < 1.29 is 9.90 Å². The van der Waals surface area contributed by atoms with Crippen LogP contribution in [0.25, 0.3) is 0 Å². The van der Waals surface area contributed by atoms with Crippen LogP contribution in [0.4, 0.5) is 11.5 Å². The van der Waals surface area contributed by atoms with Gasteiger partial charge in [-0.2, -0.15) is 0 Å². The van der Waals surface area contributed by atoms with Gasteiger partial charge in [0.25, 0.3) is 0 Å². The fourth-order valence-electron chi connectivity index (χ4n) is 1.50. The molecule has 4 N–H and O–H groups in total. The molecule has 2 aromatic heterocycles. The number of nitrogens with two attached hydrogens (primary N) is 1. The molecule has 2 aromatic rings. The summed E-state index contributed by atoms with van der Waals surface area (Å²) < 4.78 is 0. The van der Waals surface area contributed by atoms with Crippen LogP contribution in [0.3, 0.4) is 0 Å². The summed E-state index contributed by atoms with van der Waals surface area (Å²) in [5.74, 6) is -0.525. The molecule has 0 aliphatic heterocycles. The summed E-state index contributed by atoms with van der Waals surface area (Å²) in [6, 6.07) is 3.45. The number of carboxylic acid groups (broad SMARTS) is 1. The topological polar surface area (TPSA) is 88.2 Å². The van der Waals surface area contributed by atoms with E-state index in [0.29, 0.717) is 18.1 Å². The number of nitrogens with zero attached hydrogens (tertiary/aromatic N) is 1. The lowest BCUT2D eigenvalue weighted by molar-refractivity contribution is 0.0696. The van der Waals surface area contributed by atoms with Gasteiger partial charge in [0, 0.05) is 11.1 Å². The Kier molecular flexibility index (Phi) is 3.47. The molecule has 0 spiro atoms. The van der Waals surface area contributed by atoms with Crippen molar-refractivity contribution in [1.82, 2.24) is 4.98 Å². The average molecular weight is 263 g/mol. The van der Waals surface area contributed by atoms with Crippen LogP contribution in [0, 0.1) is 6.92 Å². The Hall–Kier alpha value is -2.08. The van der Waals surface area contributed by atoms with Gasteiger partial charge in [-0.05, 0) is 30.0 Å². The molecule has 0 aliphatic rings. The predicted octanol–water partition coefficient (Wildman–Crippen LogP) is 2.34. The van der Waals surface area contributed by atoms with Gasteiger partial charge < -0.3 is 16.2 Å². The molecule has 2 heterocycles. The molecule has 0 amide bonds. The molecule has 0 saturated heterocycles. The number of pyridine rings is 1. The van der Waals surface area contributed by atoms with Crippen LogP contribution in [-0.2, 0) is 6.54 Å². The molecule has 94 valence electrons. The number of anilines is 2. The molecule has 0 aliphatic carbocycles. The fraction of sp³-hybridized carbons (Fsp3) is 0.167. The average Bonchev–Trinajstić information content (AvgIpc) is 2.73. The van der Waals surface area contributed by atoms with Gasteiger partial charge in [0.15, 0.2) is 0 Å². The van der Waals surface area contributed by atoms with Gasteiger partial charge in [0.2, 0.25) is 0 Å². The second-order valence-electron chi connectivity index (χ2n) is 3.85. The maximum atomic E-state index is 10.7. The number of aryl methyl sites for hydroxylation is 1. The van der Waals surface area contributed by atoms with Gasteiger partial charge in [-0.25, -0.2) is 9.78 Å². The first-order valence-electron chi connectivity index (χ1n) is 5.33. The van der Waals surface area contributed by atoms with Crippen LogP contribution in [0.1, 0.15) is 20.8 Å². The molecule has 0 bridgehead atoms. The third-order valence-corrected chi connectivity index (χ3v) is 3.57. The van der Waals surface area contributed by atoms with Crippen LogP contribution in [0.15, 0.2) is 23.7 Å². The van der Waals surface area contributed by atoms with Crippen molar-refractivity contribution in [2.45, 2.75) is 13.5 Å². The van der Waals surface area contributed by atoms with Crippen LogP contribution in [0.5, 0.6) is 0 Å². The molecule has 0 fully saturated rings. The molecule has 0 unspecified atom stereocenters. The van der Waals surface area contributed by atoms with E-state index in [1.54, 1.807) is 11.3 Å². The number of hydrogen-bond acceptors (Lipinski definition) is 5. The zero-order valence-electron chi connectivity index (χ0n) is 9.80. The van der Waals surface area contributed by atoms with Crippen molar-refractivity contribution >= 4 is 28.8 Å². The van der Waals surface area contributed by atoms with Gasteiger partial charge >= 0.3 is 5.97 Å². The van der Waals surface area contributed by atoms with Gasteiger partial charge in [0.05, 0.1) is 17.8 Å². The molecular formula is C12H13N3O2S. The van der Waals surface area contributed by atoms with E-state index in [4.69, 9.17) is 10.8 Å². The maximum Gasteiger partial charge on any atom is 0.337 e. The van der Waals surface area contributed by atoms with Gasteiger partial charge in [-0.15, -0.1) is 11.3 Å². The van der Waals surface area contributed by atoms with E-state index >= 15 is 0 Å². The second kappa shape index (κ2) is 5.05. The molecule has 0 saturated carbocycles. The smallest absolute Gasteiger partial charge is 0.337 e. The molecule has 0 atom stereocenters. The first-order chi connectivity index (χ1) is 8.58. The van der Waals surface area contributed by atoms with E-state index in [1.807, 2.05) is 18.4 Å². The summed E-state index contributed by atoms with van der Waals surface area (Å²) in [4.78, 5) is 16.0. The predicted molar refractivity (Wildman–Crippen MR) is 72.0 cm³/mol. The number of rotatable bonds is 4. The van der Waals surface area contributed by atoms with Crippen LogP contribution < -0.4 is 11.1 Å². The van der Waals surface area contributed by atoms with Crippen molar-refractivity contribution in [3.8, 4) is 0 Å². The molecule has 18 heavy (non-hydrogen) atoms. The summed E-state index contributed by atoms with van der Waals surface area (Å²) in [6.45, 7) is 2.67. The van der Waals surface area contributed by atoms with Gasteiger partial charge in [-0.3, -0.25) is 0 Å². The molecular weight excluding hydrogens is 250 g/mol. The van der Waals surface area contributed by atoms with Crippen molar-refractivity contribution in [3.63, 3.8) is 0 Å². The van der Waals surface area contributed by atoms with Gasteiger partial charge in [-0.1, -0.05) is 0 Å². The highest BCUT2D eigenvalue weighted by Crippen LogP contribution is 2.20. The van der Waals surface area contributed by atoms with Gasteiger partial charge in [0.1, 0.15) is 5.82 Å². The minimum absolute atomic E-state index is 0.0883. The highest BCUT2D eigenvalue weighted by molar-refractivity contribution is 7.10. The maximum absolute atomic E-state index is 10.7. The van der Waals surface area contributed by atoms with Crippen LogP contribution in [0.2, 0.25) is 0 Å². The Labute approximate surface area is 108 Å². The van der Waals surface area contributed by atoms with Crippen molar-refractivity contribution in [3.05, 3.63) is 39.7 Å². The summed E-state index contributed by atoms with van der Waals surface area (Å²) in [5.41, 5.74) is 7.39. The molecule has 6 heteroatoms. The molecule has 0 radical (unpaired) electrons. The van der Waals surface area contributed by atoms with E-state index in [9.17, 15) is 4.79 Å². The fourth-order valence-corrected chi connectivity index (χ4v) is 2.34.